The number of hydrogen-bond donors (Lipinski definition) is 3. The van der Waals surface area contributed by atoms with Crippen LogP contribution in [0, 0.1) is 6.92 Å². The fourth-order valence-electron chi connectivity index (χ4n) is 2.62. The average molecular weight is 332 g/mol. The summed E-state index contributed by atoms with van der Waals surface area (Å²) < 4.78 is 5.24. The lowest BCUT2D eigenvalue weighted by molar-refractivity contribution is -0.150. The van der Waals surface area contributed by atoms with Crippen LogP contribution in [0.1, 0.15) is 41.6 Å². The van der Waals surface area contributed by atoms with Gasteiger partial charge in [-0.3, -0.25) is 9.59 Å². The molecule has 1 heterocycles. The molecule has 0 radical (unpaired) electrons. The van der Waals surface area contributed by atoms with Crippen LogP contribution < -0.4 is 10.6 Å². The Kier molecular flexibility index (Phi) is 4.53. The van der Waals surface area contributed by atoms with E-state index in [1.54, 1.807) is 18.2 Å². The second kappa shape index (κ2) is 6.60. The predicted octanol–water partition coefficient (Wildman–Crippen LogP) is 1.46. The maximum atomic E-state index is 12.3. The van der Waals surface area contributed by atoms with E-state index in [4.69, 9.17) is 9.84 Å². The monoisotopic (exact) mass is 332 g/mol. The molecule has 2 atom stereocenters. The average Bonchev–Trinajstić information content (AvgIpc) is 3.20. The van der Waals surface area contributed by atoms with E-state index in [1.165, 1.54) is 0 Å². The first-order valence-electron chi connectivity index (χ1n) is 8.04. The molecular weight excluding hydrogens is 312 g/mol. The van der Waals surface area contributed by atoms with Gasteiger partial charge in [-0.05, 0) is 50.3 Å². The van der Waals surface area contributed by atoms with Crippen LogP contribution >= 0.6 is 0 Å². The molecule has 1 aliphatic heterocycles. The van der Waals surface area contributed by atoms with Crippen LogP contribution in [0.5, 0.6) is 0 Å². The Morgan fingerprint density at radius 2 is 1.83 bits per heavy atom. The first-order valence-corrected chi connectivity index (χ1v) is 8.04. The molecule has 2 amide bonds. The summed E-state index contributed by atoms with van der Waals surface area (Å²) in [6.07, 6.45) is 0.975. The lowest BCUT2D eigenvalue weighted by atomic mass is 10.1. The lowest BCUT2D eigenvalue weighted by Crippen LogP contribution is -2.30. The van der Waals surface area contributed by atoms with Gasteiger partial charge in [0.1, 0.15) is 6.10 Å². The summed E-state index contributed by atoms with van der Waals surface area (Å²) in [6, 6.07) is 5.38. The van der Waals surface area contributed by atoms with E-state index in [0.29, 0.717) is 24.1 Å². The molecule has 1 saturated heterocycles. The summed E-state index contributed by atoms with van der Waals surface area (Å²) in [5.41, 5.74) is 1.84. The minimum Gasteiger partial charge on any atom is -0.479 e. The number of hydrogen-bond acceptors (Lipinski definition) is 4. The van der Waals surface area contributed by atoms with Crippen molar-refractivity contribution in [1.82, 2.24) is 5.32 Å². The van der Waals surface area contributed by atoms with Gasteiger partial charge >= 0.3 is 5.97 Å². The molecule has 7 heteroatoms. The van der Waals surface area contributed by atoms with Gasteiger partial charge in [-0.2, -0.15) is 0 Å². The maximum absolute atomic E-state index is 12.3. The van der Waals surface area contributed by atoms with Crippen LogP contribution in [0.2, 0.25) is 0 Å². The molecule has 3 rings (SSSR count). The molecule has 1 aliphatic carbocycles. The highest BCUT2D eigenvalue weighted by molar-refractivity contribution is 5.99. The Balaban J connectivity index is 1.66. The van der Waals surface area contributed by atoms with E-state index >= 15 is 0 Å². The van der Waals surface area contributed by atoms with E-state index in [2.05, 4.69) is 10.6 Å². The van der Waals surface area contributed by atoms with Crippen LogP contribution in [-0.2, 0) is 14.3 Å². The first kappa shape index (κ1) is 16.4. The molecule has 0 unspecified atom stereocenters. The van der Waals surface area contributed by atoms with Gasteiger partial charge in [0.05, 0.1) is 0 Å². The fourth-order valence-corrected chi connectivity index (χ4v) is 2.62. The van der Waals surface area contributed by atoms with Gasteiger partial charge < -0.3 is 20.5 Å². The Hall–Kier alpha value is -2.41. The smallest absolute Gasteiger partial charge is 0.332 e. The molecule has 2 aliphatic rings. The van der Waals surface area contributed by atoms with Crippen LogP contribution in [0.4, 0.5) is 5.69 Å². The number of amides is 2. The zero-order valence-corrected chi connectivity index (χ0v) is 13.4. The maximum Gasteiger partial charge on any atom is 0.332 e. The van der Waals surface area contributed by atoms with E-state index in [9.17, 15) is 14.4 Å². The summed E-state index contributed by atoms with van der Waals surface area (Å²) in [5.74, 6) is -1.60. The van der Waals surface area contributed by atoms with Crippen molar-refractivity contribution >= 4 is 23.5 Å². The van der Waals surface area contributed by atoms with Crippen molar-refractivity contribution < 1.29 is 24.2 Å². The van der Waals surface area contributed by atoms with E-state index in [-0.39, 0.29) is 17.9 Å². The molecule has 1 aromatic carbocycles. The summed E-state index contributed by atoms with van der Waals surface area (Å²) >= 11 is 0. The first-order chi connectivity index (χ1) is 11.4. The van der Waals surface area contributed by atoms with Gasteiger partial charge in [0.15, 0.2) is 6.10 Å². The van der Waals surface area contributed by atoms with Gasteiger partial charge in [-0.1, -0.05) is 6.07 Å². The Labute approximate surface area is 139 Å². The molecule has 0 spiro atoms. The van der Waals surface area contributed by atoms with Crippen molar-refractivity contribution in [2.45, 2.75) is 50.9 Å². The number of carbonyl (C=O) groups excluding carboxylic acids is 2. The summed E-state index contributed by atoms with van der Waals surface area (Å²) in [4.78, 5) is 35.3. The minimum absolute atomic E-state index is 0.156. The van der Waals surface area contributed by atoms with Crippen molar-refractivity contribution in [3.8, 4) is 0 Å². The van der Waals surface area contributed by atoms with Gasteiger partial charge in [0.2, 0.25) is 0 Å². The van der Waals surface area contributed by atoms with Gasteiger partial charge in [0, 0.05) is 17.3 Å². The van der Waals surface area contributed by atoms with Crippen molar-refractivity contribution in [3.05, 3.63) is 29.3 Å². The molecule has 0 aromatic heterocycles. The second-order valence-corrected chi connectivity index (χ2v) is 6.30. The Morgan fingerprint density at radius 1 is 1.12 bits per heavy atom. The molecule has 3 N–H and O–H groups in total. The van der Waals surface area contributed by atoms with Gasteiger partial charge in [-0.25, -0.2) is 4.79 Å². The number of carbonyl (C=O) groups is 3. The second-order valence-electron chi connectivity index (χ2n) is 6.30. The summed E-state index contributed by atoms with van der Waals surface area (Å²) in [7, 11) is 0. The molecule has 0 bridgehead atoms. The standard InChI is InChI=1S/C17H20N2O5/c1-9-2-3-10(15(20)18-11-4-5-11)8-12(9)19-16(21)13-6-7-14(24-13)17(22)23/h2-3,8,11,13-14H,4-7H2,1H3,(H,18,20)(H,19,21)(H,22,23)/t13-,14+/m0/s1. The van der Waals surface area contributed by atoms with E-state index < -0.39 is 18.2 Å². The molecule has 24 heavy (non-hydrogen) atoms. The zero-order chi connectivity index (χ0) is 17.3. The highest BCUT2D eigenvalue weighted by Gasteiger charge is 2.35. The number of aryl methyl sites for hydroxylation is 1. The topological polar surface area (TPSA) is 105 Å². The van der Waals surface area contributed by atoms with E-state index in [0.717, 1.165) is 18.4 Å². The number of carboxylic acids is 1. The summed E-state index contributed by atoms with van der Waals surface area (Å²) in [5, 5.41) is 14.6. The minimum atomic E-state index is -1.06. The number of ether oxygens (including phenoxy) is 1. The SMILES string of the molecule is Cc1ccc(C(=O)NC2CC2)cc1NC(=O)[C@@H]1CC[C@H](C(=O)O)O1. The van der Waals surface area contributed by atoms with Crippen molar-refractivity contribution in [3.63, 3.8) is 0 Å². The third-order valence-corrected chi connectivity index (χ3v) is 4.26. The number of benzene rings is 1. The molecule has 1 saturated carbocycles. The molecule has 7 nitrogen and oxygen atoms in total. The van der Waals surface area contributed by atoms with Crippen LogP contribution in [0.3, 0.4) is 0 Å². The van der Waals surface area contributed by atoms with Gasteiger partial charge in [0.25, 0.3) is 11.8 Å². The number of nitrogens with one attached hydrogen (secondary N) is 2. The largest absolute Gasteiger partial charge is 0.479 e. The highest BCUT2D eigenvalue weighted by Crippen LogP contribution is 2.24. The molecular formula is C17H20N2O5. The molecule has 1 aromatic rings. The summed E-state index contributed by atoms with van der Waals surface area (Å²) in [6.45, 7) is 1.83. The number of rotatable bonds is 5. The number of aliphatic carboxylic acids is 1. The normalized spacial score (nSPS) is 22.9. The zero-order valence-electron chi connectivity index (χ0n) is 13.4. The van der Waals surface area contributed by atoms with Crippen LogP contribution in [0.25, 0.3) is 0 Å². The Bertz CT molecular complexity index is 684. The predicted molar refractivity (Wildman–Crippen MR) is 85.8 cm³/mol. The quantitative estimate of drug-likeness (QED) is 0.757. The third kappa shape index (κ3) is 3.73. The number of anilines is 1. The van der Waals surface area contributed by atoms with Gasteiger partial charge in [-0.15, -0.1) is 0 Å². The highest BCUT2D eigenvalue weighted by atomic mass is 16.5. The van der Waals surface area contributed by atoms with Crippen molar-refractivity contribution in [2.24, 2.45) is 0 Å². The lowest BCUT2D eigenvalue weighted by Gasteiger charge is -2.14. The fraction of sp³-hybridized carbons (Fsp3) is 0.471. The molecule has 2 fully saturated rings. The van der Waals surface area contributed by atoms with Crippen LogP contribution in [-0.4, -0.2) is 41.1 Å². The van der Waals surface area contributed by atoms with Crippen molar-refractivity contribution in [1.29, 1.82) is 0 Å². The van der Waals surface area contributed by atoms with Crippen molar-refractivity contribution in [2.75, 3.05) is 5.32 Å². The van der Waals surface area contributed by atoms with Crippen LogP contribution in [0.15, 0.2) is 18.2 Å². The number of carboxylic acid groups (broad SMARTS) is 1. The Morgan fingerprint density at radius 3 is 2.46 bits per heavy atom. The molecule has 128 valence electrons. The van der Waals surface area contributed by atoms with E-state index in [1.807, 2.05) is 6.92 Å². The third-order valence-electron chi connectivity index (χ3n) is 4.26.